The van der Waals surface area contributed by atoms with E-state index in [2.05, 4.69) is 10.3 Å². The van der Waals surface area contributed by atoms with E-state index in [4.69, 9.17) is 9.84 Å². The molecule has 1 aromatic heterocycles. The number of carbonyl (C=O) groups excluding carboxylic acids is 1. The molecular formula is C25H24N2O4. The molecule has 158 valence electrons. The molecule has 3 aromatic rings. The van der Waals surface area contributed by atoms with Gasteiger partial charge in [-0.05, 0) is 66.8 Å². The van der Waals surface area contributed by atoms with Crippen molar-refractivity contribution in [3.63, 3.8) is 0 Å². The largest absolute Gasteiger partial charge is 0.497 e. The first-order chi connectivity index (χ1) is 14.9. The van der Waals surface area contributed by atoms with Crippen LogP contribution in [-0.4, -0.2) is 29.1 Å². The molecule has 0 unspecified atom stereocenters. The number of aromatic amines is 1. The molecule has 2 heterocycles. The Morgan fingerprint density at radius 1 is 1.10 bits per heavy atom. The zero-order valence-electron chi connectivity index (χ0n) is 17.7. The lowest BCUT2D eigenvalue weighted by Crippen LogP contribution is -2.03. The minimum absolute atomic E-state index is 0.0764. The van der Waals surface area contributed by atoms with Crippen LogP contribution in [0.1, 0.15) is 34.5 Å². The molecule has 0 fully saturated rings. The van der Waals surface area contributed by atoms with Gasteiger partial charge in [0, 0.05) is 29.1 Å². The van der Waals surface area contributed by atoms with E-state index in [1.807, 2.05) is 62.4 Å². The highest BCUT2D eigenvalue weighted by Gasteiger charge is 2.25. The smallest absolute Gasteiger partial charge is 0.303 e. The fourth-order valence-electron chi connectivity index (χ4n) is 4.01. The lowest BCUT2D eigenvalue weighted by molar-refractivity contribution is -0.137. The topological polar surface area (TPSA) is 91.4 Å². The van der Waals surface area contributed by atoms with Crippen LogP contribution in [0.15, 0.2) is 42.5 Å². The van der Waals surface area contributed by atoms with E-state index in [1.54, 1.807) is 7.11 Å². The Hall–Kier alpha value is -3.80. The lowest BCUT2D eigenvalue weighted by Gasteiger charge is -2.06. The molecule has 0 saturated heterocycles. The molecule has 0 atom stereocenters. The Morgan fingerprint density at radius 2 is 1.81 bits per heavy atom. The maximum Gasteiger partial charge on any atom is 0.303 e. The van der Waals surface area contributed by atoms with Gasteiger partial charge in [-0.3, -0.25) is 9.59 Å². The Labute approximate surface area is 180 Å². The van der Waals surface area contributed by atoms with Gasteiger partial charge in [-0.15, -0.1) is 0 Å². The molecule has 1 aliphatic heterocycles. The lowest BCUT2D eigenvalue weighted by atomic mass is 9.99. The van der Waals surface area contributed by atoms with E-state index >= 15 is 0 Å². The van der Waals surface area contributed by atoms with Gasteiger partial charge in [-0.2, -0.15) is 0 Å². The molecule has 1 aliphatic rings. The number of aryl methyl sites for hydroxylation is 1. The minimum Gasteiger partial charge on any atom is -0.497 e. The van der Waals surface area contributed by atoms with Crippen molar-refractivity contribution in [2.24, 2.45) is 0 Å². The first-order valence-electron chi connectivity index (χ1n) is 10.1. The van der Waals surface area contributed by atoms with E-state index in [1.165, 1.54) is 0 Å². The molecule has 3 N–H and O–H groups in total. The third kappa shape index (κ3) is 3.97. The number of H-pyrrole nitrogens is 1. The average molecular weight is 416 g/mol. The number of amides is 1. The molecule has 6 heteroatoms. The van der Waals surface area contributed by atoms with Gasteiger partial charge in [-0.25, -0.2) is 0 Å². The summed E-state index contributed by atoms with van der Waals surface area (Å²) in [5, 5.41) is 11.9. The second kappa shape index (κ2) is 8.14. The van der Waals surface area contributed by atoms with Gasteiger partial charge < -0.3 is 20.1 Å². The number of carboxylic acid groups (broad SMARTS) is 1. The SMILES string of the molecule is COc1ccc(-c2ccc3c(c2)NC(=O)/C3=C\c2[nH]c(C)c(CCC(=O)O)c2C)cc1. The normalized spacial score (nSPS) is 13.9. The van der Waals surface area contributed by atoms with Crippen molar-refractivity contribution in [3.05, 3.63) is 70.5 Å². The number of aliphatic carboxylic acids is 1. The van der Waals surface area contributed by atoms with Crippen molar-refractivity contribution in [1.82, 2.24) is 4.98 Å². The summed E-state index contributed by atoms with van der Waals surface area (Å²) in [5.74, 6) is -0.181. The summed E-state index contributed by atoms with van der Waals surface area (Å²) in [6.45, 7) is 3.88. The number of rotatable bonds is 6. The number of anilines is 1. The summed E-state index contributed by atoms with van der Waals surface area (Å²) in [6.07, 6.45) is 2.38. The van der Waals surface area contributed by atoms with Gasteiger partial charge in [0.05, 0.1) is 12.7 Å². The third-order valence-electron chi connectivity index (χ3n) is 5.73. The van der Waals surface area contributed by atoms with Crippen LogP contribution in [-0.2, 0) is 16.0 Å². The molecule has 2 aromatic carbocycles. The van der Waals surface area contributed by atoms with Gasteiger partial charge in [0.25, 0.3) is 5.91 Å². The maximum atomic E-state index is 12.7. The second-order valence-corrected chi connectivity index (χ2v) is 7.66. The molecule has 1 amide bonds. The van der Waals surface area contributed by atoms with Crippen molar-refractivity contribution in [3.8, 4) is 16.9 Å². The Balaban J connectivity index is 1.66. The van der Waals surface area contributed by atoms with Crippen molar-refractivity contribution in [2.45, 2.75) is 26.7 Å². The predicted octanol–water partition coefficient (Wildman–Crippen LogP) is 4.82. The van der Waals surface area contributed by atoms with E-state index in [0.29, 0.717) is 12.0 Å². The first kappa shape index (κ1) is 20.5. The van der Waals surface area contributed by atoms with Crippen molar-refractivity contribution in [1.29, 1.82) is 0 Å². The van der Waals surface area contributed by atoms with Crippen LogP contribution in [0.2, 0.25) is 0 Å². The summed E-state index contributed by atoms with van der Waals surface area (Å²) in [4.78, 5) is 26.9. The summed E-state index contributed by atoms with van der Waals surface area (Å²) in [6, 6.07) is 13.7. The molecule has 4 rings (SSSR count). The number of benzene rings is 2. The highest BCUT2D eigenvalue weighted by molar-refractivity contribution is 6.35. The molecule has 0 radical (unpaired) electrons. The summed E-state index contributed by atoms with van der Waals surface area (Å²) >= 11 is 0. The summed E-state index contributed by atoms with van der Waals surface area (Å²) in [7, 11) is 1.64. The van der Waals surface area contributed by atoms with Gasteiger partial charge in [0.1, 0.15) is 5.75 Å². The molecule has 31 heavy (non-hydrogen) atoms. The number of hydrogen-bond acceptors (Lipinski definition) is 3. The molecule has 0 saturated carbocycles. The molecule has 0 bridgehead atoms. The van der Waals surface area contributed by atoms with Gasteiger partial charge >= 0.3 is 5.97 Å². The summed E-state index contributed by atoms with van der Waals surface area (Å²) in [5.41, 5.74) is 7.97. The monoisotopic (exact) mass is 416 g/mol. The van der Waals surface area contributed by atoms with Crippen LogP contribution in [0.4, 0.5) is 5.69 Å². The number of hydrogen-bond donors (Lipinski definition) is 3. The van der Waals surface area contributed by atoms with Crippen molar-refractivity contribution in [2.75, 3.05) is 12.4 Å². The Bertz CT molecular complexity index is 1200. The fraction of sp³-hybridized carbons (Fsp3) is 0.200. The van der Waals surface area contributed by atoms with Gasteiger partial charge in [0.2, 0.25) is 0 Å². The number of carboxylic acids is 1. The third-order valence-corrected chi connectivity index (χ3v) is 5.73. The van der Waals surface area contributed by atoms with Crippen LogP contribution in [0.3, 0.4) is 0 Å². The Kier molecular flexibility index (Phi) is 5.38. The van der Waals surface area contributed by atoms with E-state index in [-0.39, 0.29) is 12.3 Å². The predicted molar refractivity (Wildman–Crippen MR) is 121 cm³/mol. The van der Waals surface area contributed by atoms with Crippen LogP contribution in [0.5, 0.6) is 5.75 Å². The number of ether oxygens (including phenoxy) is 1. The highest BCUT2D eigenvalue weighted by Crippen LogP contribution is 2.37. The molecule has 6 nitrogen and oxygen atoms in total. The van der Waals surface area contributed by atoms with Gasteiger partial charge in [-0.1, -0.05) is 24.3 Å². The maximum absolute atomic E-state index is 12.7. The van der Waals surface area contributed by atoms with Crippen LogP contribution < -0.4 is 10.1 Å². The van der Waals surface area contributed by atoms with Crippen LogP contribution in [0.25, 0.3) is 22.8 Å². The highest BCUT2D eigenvalue weighted by atomic mass is 16.5. The van der Waals surface area contributed by atoms with E-state index in [0.717, 1.165) is 50.6 Å². The number of aromatic nitrogens is 1. The second-order valence-electron chi connectivity index (χ2n) is 7.66. The fourth-order valence-corrected chi connectivity index (χ4v) is 4.01. The average Bonchev–Trinajstić information content (AvgIpc) is 3.21. The number of carbonyl (C=O) groups is 2. The first-order valence-corrected chi connectivity index (χ1v) is 10.1. The standard InChI is InChI=1S/C25H24N2O4/c1-14-19(10-11-24(28)29)15(2)26-22(14)13-21-20-9-6-17(12-23(20)27-25(21)30)16-4-7-18(31-3)8-5-16/h4-9,12-13,26H,10-11H2,1-3H3,(H,27,30)(H,28,29)/b21-13-. The Morgan fingerprint density at radius 3 is 2.48 bits per heavy atom. The van der Waals surface area contributed by atoms with Crippen molar-refractivity contribution >= 4 is 29.2 Å². The number of methoxy groups -OCH3 is 1. The van der Waals surface area contributed by atoms with Crippen LogP contribution in [0, 0.1) is 13.8 Å². The quantitative estimate of drug-likeness (QED) is 0.503. The molecule has 0 aliphatic carbocycles. The van der Waals surface area contributed by atoms with E-state index in [9.17, 15) is 9.59 Å². The zero-order valence-corrected chi connectivity index (χ0v) is 17.7. The molecular weight excluding hydrogens is 392 g/mol. The van der Waals surface area contributed by atoms with Gasteiger partial charge in [0.15, 0.2) is 0 Å². The number of fused-ring (bicyclic) bond motifs is 1. The minimum atomic E-state index is -0.823. The molecule has 0 spiro atoms. The van der Waals surface area contributed by atoms with E-state index < -0.39 is 5.97 Å². The van der Waals surface area contributed by atoms with Crippen LogP contribution >= 0.6 is 0 Å². The summed E-state index contributed by atoms with van der Waals surface area (Å²) < 4.78 is 5.21. The van der Waals surface area contributed by atoms with Crippen molar-refractivity contribution < 1.29 is 19.4 Å². The zero-order chi connectivity index (χ0) is 22.1. The number of nitrogens with one attached hydrogen (secondary N) is 2.